The molecule has 3 aromatic rings. The molecule has 1 amide bonds. The number of pyridine rings is 1. The van der Waals surface area contributed by atoms with Crippen molar-refractivity contribution in [3.63, 3.8) is 0 Å². The van der Waals surface area contributed by atoms with Crippen LogP contribution in [0.2, 0.25) is 0 Å². The summed E-state index contributed by atoms with van der Waals surface area (Å²) in [4.78, 5) is 23.6. The fourth-order valence-corrected chi connectivity index (χ4v) is 3.43. The first kappa shape index (κ1) is 18.2. The highest BCUT2D eigenvalue weighted by Crippen LogP contribution is 2.23. The van der Waals surface area contributed by atoms with Gasteiger partial charge >= 0.3 is 0 Å². The highest BCUT2D eigenvalue weighted by Gasteiger charge is 2.31. The average Bonchev–Trinajstić information content (AvgIpc) is 3.18. The van der Waals surface area contributed by atoms with Crippen molar-refractivity contribution in [2.75, 3.05) is 19.6 Å². The van der Waals surface area contributed by atoms with Crippen LogP contribution < -0.4 is 5.32 Å². The van der Waals surface area contributed by atoms with Crippen LogP contribution in [0.3, 0.4) is 0 Å². The second kappa shape index (κ2) is 7.85. The molecule has 4 rings (SSSR count). The topological polar surface area (TPSA) is 75.9 Å². The molecule has 28 heavy (non-hydrogen) atoms. The van der Waals surface area contributed by atoms with Crippen LogP contribution in [0.4, 0.5) is 4.39 Å². The molecular weight excluding hydrogens is 359 g/mol. The Balaban J connectivity index is 1.68. The van der Waals surface area contributed by atoms with E-state index in [9.17, 15) is 9.18 Å². The first-order valence-electron chi connectivity index (χ1n) is 9.31. The zero-order valence-corrected chi connectivity index (χ0v) is 15.5. The maximum atomic E-state index is 14.2. The minimum absolute atomic E-state index is 0.0795. The predicted octanol–water partition coefficient (Wildman–Crippen LogP) is 2.15. The summed E-state index contributed by atoms with van der Waals surface area (Å²) in [5.74, 6) is -0.0472. The molecule has 1 N–H and O–H groups in total. The molecule has 3 heterocycles. The lowest BCUT2D eigenvalue weighted by Crippen LogP contribution is -2.49. The van der Waals surface area contributed by atoms with Crippen molar-refractivity contribution >= 4 is 5.91 Å². The fraction of sp³-hybridized carbons (Fsp3) is 0.300. The van der Waals surface area contributed by atoms with Crippen LogP contribution >= 0.6 is 0 Å². The molecule has 1 atom stereocenters. The molecule has 1 fully saturated rings. The van der Waals surface area contributed by atoms with E-state index in [0.29, 0.717) is 31.9 Å². The normalized spacial score (nSPS) is 16.9. The van der Waals surface area contributed by atoms with Gasteiger partial charge in [0.25, 0.3) is 5.91 Å². The Morgan fingerprint density at radius 2 is 2.14 bits per heavy atom. The number of nitrogens with zero attached hydrogens (tertiary/aromatic N) is 5. The quantitative estimate of drug-likeness (QED) is 0.751. The third kappa shape index (κ3) is 3.38. The summed E-state index contributed by atoms with van der Waals surface area (Å²) in [5.41, 5.74) is 1.24. The zero-order chi connectivity index (χ0) is 19.5. The summed E-state index contributed by atoms with van der Waals surface area (Å²) >= 11 is 0. The summed E-state index contributed by atoms with van der Waals surface area (Å²) in [7, 11) is 0. The van der Waals surface area contributed by atoms with Crippen molar-refractivity contribution in [3.8, 4) is 5.69 Å². The van der Waals surface area contributed by atoms with E-state index < -0.39 is 5.82 Å². The number of hydrogen-bond donors (Lipinski definition) is 1. The molecule has 2 aromatic heterocycles. The molecular formula is C20H21FN6O. The minimum Gasteiger partial charge on any atom is -0.326 e. The fourth-order valence-electron chi connectivity index (χ4n) is 3.43. The Hall–Kier alpha value is -3.13. The van der Waals surface area contributed by atoms with Crippen molar-refractivity contribution in [1.82, 2.24) is 30.0 Å². The number of hydrogen-bond acceptors (Lipinski definition) is 5. The van der Waals surface area contributed by atoms with E-state index in [1.165, 1.54) is 10.7 Å². The van der Waals surface area contributed by atoms with Crippen molar-refractivity contribution in [2.24, 2.45) is 0 Å². The third-order valence-corrected chi connectivity index (χ3v) is 4.84. The highest BCUT2D eigenvalue weighted by molar-refractivity contribution is 5.91. The van der Waals surface area contributed by atoms with E-state index in [1.807, 2.05) is 19.1 Å². The average molecular weight is 380 g/mol. The maximum absolute atomic E-state index is 14.2. The van der Waals surface area contributed by atoms with Crippen LogP contribution in [0.1, 0.15) is 35.0 Å². The molecule has 1 aromatic carbocycles. The SMILES string of the molecule is CCc1nc(C(=O)N2CCNCC2c2cccnc2)nn1-c1ccccc1F. The second-order valence-electron chi connectivity index (χ2n) is 6.57. The molecule has 1 saturated heterocycles. The van der Waals surface area contributed by atoms with Crippen molar-refractivity contribution in [1.29, 1.82) is 0 Å². The van der Waals surface area contributed by atoms with E-state index in [1.54, 1.807) is 35.5 Å². The lowest BCUT2D eigenvalue weighted by Gasteiger charge is -2.35. The molecule has 0 spiro atoms. The largest absolute Gasteiger partial charge is 0.326 e. The van der Waals surface area contributed by atoms with Crippen LogP contribution in [0.15, 0.2) is 48.8 Å². The van der Waals surface area contributed by atoms with Gasteiger partial charge < -0.3 is 10.2 Å². The van der Waals surface area contributed by atoms with E-state index in [0.717, 1.165) is 5.56 Å². The molecule has 1 aliphatic rings. The predicted molar refractivity (Wildman–Crippen MR) is 102 cm³/mol. The summed E-state index contributed by atoms with van der Waals surface area (Å²) < 4.78 is 15.7. The molecule has 7 nitrogen and oxygen atoms in total. The third-order valence-electron chi connectivity index (χ3n) is 4.84. The number of para-hydroxylation sites is 1. The van der Waals surface area contributed by atoms with Gasteiger partial charge in [-0.2, -0.15) is 0 Å². The number of halogens is 1. The summed E-state index contributed by atoms with van der Waals surface area (Å²) in [6.07, 6.45) is 4.00. The summed E-state index contributed by atoms with van der Waals surface area (Å²) in [6, 6.07) is 10.00. The maximum Gasteiger partial charge on any atom is 0.294 e. The van der Waals surface area contributed by atoms with Gasteiger partial charge in [0, 0.05) is 38.4 Å². The second-order valence-corrected chi connectivity index (χ2v) is 6.57. The first-order chi connectivity index (χ1) is 13.7. The number of aromatic nitrogens is 4. The van der Waals surface area contributed by atoms with Gasteiger partial charge in [-0.05, 0) is 23.8 Å². The van der Waals surface area contributed by atoms with Crippen LogP contribution in [0, 0.1) is 5.82 Å². The lowest BCUT2D eigenvalue weighted by atomic mass is 10.1. The van der Waals surface area contributed by atoms with Crippen LogP contribution in [-0.4, -0.2) is 50.2 Å². The van der Waals surface area contributed by atoms with Crippen LogP contribution in [0.25, 0.3) is 5.69 Å². The molecule has 144 valence electrons. The molecule has 0 radical (unpaired) electrons. The number of nitrogens with one attached hydrogen (secondary N) is 1. The van der Waals surface area contributed by atoms with Gasteiger partial charge in [-0.3, -0.25) is 9.78 Å². The van der Waals surface area contributed by atoms with Gasteiger partial charge in [-0.25, -0.2) is 14.1 Å². The number of piperazine rings is 1. The Morgan fingerprint density at radius 3 is 2.89 bits per heavy atom. The van der Waals surface area contributed by atoms with Crippen molar-refractivity contribution < 1.29 is 9.18 Å². The lowest BCUT2D eigenvalue weighted by molar-refractivity contribution is 0.0621. The number of carbonyl (C=O) groups is 1. The summed E-state index contributed by atoms with van der Waals surface area (Å²) in [6.45, 7) is 3.76. The van der Waals surface area contributed by atoms with E-state index in [2.05, 4.69) is 20.4 Å². The molecule has 0 aliphatic carbocycles. The molecule has 1 aliphatic heterocycles. The molecule has 0 saturated carbocycles. The van der Waals surface area contributed by atoms with Crippen LogP contribution in [0.5, 0.6) is 0 Å². The van der Waals surface area contributed by atoms with E-state index in [-0.39, 0.29) is 23.5 Å². The zero-order valence-electron chi connectivity index (χ0n) is 15.5. The van der Waals surface area contributed by atoms with Gasteiger partial charge in [-0.1, -0.05) is 25.1 Å². The number of aryl methyl sites for hydroxylation is 1. The molecule has 1 unspecified atom stereocenters. The molecule has 8 heteroatoms. The monoisotopic (exact) mass is 380 g/mol. The number of amides is 1. The van der Waals surface area contributed by atoms with Gasteiger partial charge in [0.05, 0.1) is 6.04 Å². The van der Waals surface area contributed by atoms with Gasteiger partial charge in [-0.15, -0.1) is 5.10 Å². The number of benzene rings is 1. The standard InChI is InChI=1S/C20H21FN6O/c1-2-18-24-19(25-27(18)16-8-4-3-7-15(16)21)20(28)26-11-10-23-13-17(26)14-6-5-9-22-12-14/h3-9,12,17,23H,2,10-11,13H2,1H3. The highest BCUT2D eigenvalue weighted by atomic mass is 19.1. The van der Waals surface area contributed by atoms with Crippen LogP contribution in [-0.2, 0) is 6.42 Å². The number of carbonyl (C=O) groups excluding carboxylic acids is 1. The Morgan fingerprint density at radius 1 is 1.29 bits per heavy atom. The van der Waals surface area contributed by atoms with Gasteiger partial charge in [0.1, 0.15) is 17.3 Å². The minimum atomic E-state index is -0.406. The van der Waals surface area contributed by atoms with Crippen molar-refractivity contribution in [3.05, 3.63) is 71.8 Å². The van der Waals surface area contributed by atoms with Gasteiger partial charge in [0.15, 0.2) is 0 Å². The first-order valence-corrected chi connectivity index (χ1v) is 9.31. The smallest absolute Gasteiger partial charge is 0.294 e. The van der Waals surface area contributed by atoms with Crippen molar-refractivity contribution in [2.45, 2.75) is 19.4 Å². The van der Waals surface area contributed by atoms with Gasteiger partial charge in [0.2, 0.25) is 5.82 Å². The van der Waals surface area contributed by atoms with E-state index >= 15 is 0 Å². The van der Waals surface area contributed by atoms with E-state index in [4.69, 9.17) is 0 Å². The Kier molecular flexibility index (Phi) is 5.12. The molecule has 0 bridgehead atoms. The Bertz CT molecular complexity index is 974. The number of rotatable bonds is 4. The summed E-state index contributed by atoms with van der Waals surface area (Å²) in [5, 5.41) is 7.67. The Labute approximate surface area is 162 Å².